The van der Waals surface area contributed by atoms with Gasteiger partial charge in [0.25, 0.3) is 0 Å². The highest BCUT2D eigenvalue weighted by molar-refractivity contribution is 5.81. The van der Waals surface area contributed by atoms with Crippen LogP contribution in [-0.4, -0.2) is 31.2 Å². The Morgan fingerprint density at radius 3 is 2.48 bits per heavy atom. The molecule has 1 N–H and O–H groups in total. The zero-order valence-electron chi connectivity index (χ0n) is 20.6. The van der Waals surface area contributed by atoms with E-state index in [0.29, 0.717) is 29.1 Å². The summed E-state index contributed by atoms with van der Waals surface area (Å²) in [5, 5.41) is 6.06. The minimum atomic E-state index is -4.57. The predicted molar refractivity (Wildman–Crippen MR) is 139 cm³/mol. The number of pyridine rings is 2. The molecular formula is C29H19F5N6. The maximum absolute atomic E-state index is 14.2. The third kappa shape index (κ3) is 4.93. The minimum absolute atomic E-state index is 0.0150. The molecule has 6 nitrogen and oxygen atoms in total. The monoisotopic (exact) mass is 546 g/mol. The summed E-state index contributed by atoms with van der Waals surface area (Å²) < 4.78 is 69.8. The Balaban J connectivity index is 1.20. The van der Waals surface area contributed by atoms with E-state index in [0.717, 1.165) is 17.7 Å². The number of hydrogen-bond acceptors (Lipinski definition) is 5. The van der Waals surface area contributed by atoms with Gasteiger partial charge in [0.2, 0.25) is 0 Å². The van der Waals surface area contributed by atoms with Gasteiger partial charge in [-0.05, 0) is 53.1 Å². The van der Waals surface area contributed by atoms with Gasteiger partial charge in [0.1, 0.15) is 5.82 Å². The summed E-state index contributed by atoms with van der Waals surface area (Å²) in [7, 11) is 0. The number of aromatic nitrogens is 4. The number of H-pyrrole nitrogens is 1. The van der Waals surface area contributed by atoms with Gasteiger partial charge in [-0.2, -0.15) is 18.3 Å². The van der Waals surface area contributed by atoms with Gasteiger partial charge in [0.05, 0.1) is 47.5 Å². The van der Waals surface area contributed by atoms with E-state index in [9.17, 15) is 22.0 Å². The smallest absolute Gasteiger partial charge is 0.337 e. The molecule has 1 aliphatic rings. The molecule has 2 aromatic carbocycles. The van der Waals surface area contributed by atoms with Crippen molar-refractivity contribution in [2.24, 2.45) is 5.10 Å². The van der Waals surface area contributed by atoms with Gasteiger partial charge >= 0.3 is 6.18 Å². The molecule has 0 radical (unpaired) electrons. The van der Waals surface area contributed by atoms with Crippen molar-refractivity contribution in [3.63, 3.8) is 0 Å². The van der Waals surface area contributed by atoms with E-state index in [1.807, 2.05) is 0 Å². The van der Waals surface area contributed by atoms with E-state index in [1.165, 1.54) is 43.0 Å². The third-order valence-corrected chi connectivity index (χ3v) is 6.50. The van der Waals surface area contributed by atoms with Crippen LogP contribution in [0.2, 0.25) is 0 Å². The number of nitrogens with zero attached hydrogens (tertiary/aromatic N) is 5. The highest BCUT2D eigenvalue weighted by Crippen LogP contribution is 2.39. The molecule has 40 heavy (non-hydrogen) atoms. The van der Waals surface area contributed by atoms with E-state index in [1.54, 1.807) is 35.3 Å². The number of hydrogen-bond donors (Lipinski definition) is 1. The van der Waals surface area contributed by atoms with Crippen LogP contribution < -0.4 is 0 Å². The Bertz CT molecular complexity index is 1710. The van der Waals surface area contributed by atoms with Crippen molar-refractivity contribution in [1.82, 2.24) is 24.9 Å². The average molecular weight is 547 g/mol. The molecule has 0 fully saturated rings. The van der Waals surface area contributed by atoms with Gasteiger partial charge in [0.15, 0.2) is 11.6 Å². The Morgan fingerprint density at radius 2 is 1.73 bits per heavy atom. The zero-order valence-corrected chi connectivity index (χ0v) is 20.6. The molecule has 0 unspecified atom stereocenters. The molecule has 6 rings (SSSR count). The van der Waals surface area contributed by atoms with Crippen LogP contribution in [0.25, 0.3) is 33.8 Å². The fourth-order valence-electron chi connectivity index (χ4n) is 4.53. The summed E-state index contributed by atoms with van der Waals surface area (Å²) in [6.45, 7) is 0.600. The summed E-state index contributed by atoms with van der Waals surface area (Å²) in [4.78, 5) is 15.6. The molecule has 4 heterocycles. The van der Waals surface area contributed by atoms with Crippen molar-refractivity contribution >= 4 is 6.21 Å². The molecule has 0 amide bonds. The first kappa shape index (κ1) is 25.4. The first-order valence-corrected chi connectivity index (χ1v) is 12.2. The zero-order chi connectivity index (χ0) is 27.9. The topological polar surface area (TPSA) is 70.1 Å². The van der Waals surface area contributed by atoms with Crippen LogP contribution in [0.1, 0.15) is 22.5 Å². The number of hydrazone groups is 1. The van der Waals surface area contributed by atoms with E-state index in [2.05, 4.69) is 25.0 Å². The Kier molecular flexibility index (Phi) is 6.33. The predicted octanol–water partition coefficient (Wildman–Crippen LogP) is 6.85. The SMILES string of the molecule is Fc1cccc(-c2nc3c([nH]2)C=NN(Cc2ccc(-c4ccc(-c5ccncc5)cc4C(F)(F)F)nc2)C3)c1F. The molecule has 200 valence electrons. The molecule has 0 spiro atoms. The van der Waals surface area contributed by atoms with Gasteiger partial charge in [-0.1, -0.05) is 24.3 Å². The quantitative estimate of drug-likeness (QED) is 0.245. The van der Waals surface area contributed by atoms with Crippen molar-refractivity contribution in [2.75, 3.05) is 0 Å². The maximum atomic E-state index is 14.2. The number of benzene rings is 2. The van der Waals surface area contributed by atoms with Crippen molar-refractivity contribution in [1.29, 1.82) is 0 Å². The molecule has 0 saturated heterocycles. The molecular weight excluding hydrogens is 527 g/mol. The number of fused-ring (bicyclic) bond motifs is 1. The summed E-state index contributed by atoms with van der Waals surface area (Å²) in [6.07, 6.45) is 1.53. The summed E-state index contributed by atoms with van der Waals surface area (Å²) in [6, 6.07) is 14.6. The van der Waals surface area contributed by atoms with Crippen LogP contribution in [0.3, 0.4) is 0 Å². The Hall–Kier alpha value is -4.93. The first-order chi connectivity index (χ1) is 19.3. The fourth-order valence-corrected chi connectivity index (χ4v) is 4.53. The molecule has 0 bridgehead atoms. The lowest BCUT2D eigenvalue weighted by Crippen LogP contribution is -2.21. The second kappa shape index (κ2) is 9.99. The highest BCUT2D eigenvalue weighted by atomic mass is 19.4. The number of rotatable bonds is 5. The molecule has 3 aromatic heterocycles. The van der Waals surface area contributed by atoms with Gasteiger partial charge in [-0.25, -0.2) is 13.8 Å². The number of nitrogens with one attached hydrogen (secondary N) is 1. The number of halogens is 5. The molecule has 0 atom stereocenters. The van der Waals surface area contributed by atoms with Crippen LogP contribution in [0.5, 0.6) is 0 Å². The summed E-state index contributed by atoms with van der Waals surface area (Å²) in [5.74, 6) is -1.77. The van der Waals surface area contributed by atoms with Crippen molar-refractivity contribution in [3.05, 3.63) is 113 Å². The van der Waals surface area contributed by atoms with Gasteiger partial charge in [-0.15, -0.1) is 0 Å². The van der Waals surface area contributed by atoms with Gasteiger partial charge in [0, 0.05) is 24.2 Å². The number of aromatic amines is 1. The van der Waals surface area contributed by atoms with E-state index < -0.39 is 23.4 Å². The first-order valence-electron chi connectivity index (χ1n) is 12.2. The molecule has 11 heteroatoms. The van der Waals surface area contributed by atoms with E-state index in [4.69, 9.17) is 0 Å². The molecule has 5 aromatic rings. The van der Waals surface area contributed by atoms with Crippen LogP contribution in [0, 0.1) is 11.6 Å². The number of alkyl halides is 3. The van der Waals surface area contributed by atoms with Crippen molar-refractivity contribution in [3.8, 4) is 33.8 Å². The van der Waals surface area contributed by atoms with Crippen LogP contribution in [0.15, 0.2) is 84.4 Å². The summed E-state index contributed by atoms with van der Waals surface area (Å²) >= 11 is 0. The summed E-state index contributed by atoms with van der Waals surface area (Å²) in [5.41, 5.74) is 2.37. The molecule has 0 aliphatic carbocycles. The van der Waals surface area contributed by atoms with Crippen molar-refractivity contribution < 1.29 is 22.0 Å². The average Bonchev–Trinajstić information content (AvgIpc) is 3.38. The van der Waals surface area contributed by atoms with Crippen LogP contribution >= 0.6 is 0 Å². The lowest BCUT2D eigenvalue weighted by Gasteiger charge is -2.21. The number of imidazole rings is 1. The maximum Gasteiger partial charge on any atom is 0.417 e. The minimum Gasteiger partial charge on any atom is -0.337 e. The third-order valence-electron chi connectivity index (χ3n) is 6.50. The van der Waals surface area contributed by atoms with Crippen LogP contribution in [0.4, 0.5) is 22.0 Å². The molecule has 0 saturated carbocycles. The van der Waals surface area contributed by atoms with Gasteiger partial charge < -0.3 is 4.98 Å². The lowest BCUT2D eigenvalue weighted by molar-refractivity contribution is -0.137. The van der Waals surface area contributed by atoms with Crippen molar-refractivity contribution in [2.45, 2.75) is 19.3 Å². The standard InChI is InChI=1S/C29H19F5N6/c30-23-3-1-2-21(27(23)31)28-38-25-14-37-40(16-26(25)39-28)15-17-4-7-24(36-13-17)20-6-5-19(12-22(20)29(32,33)34)18-8-10-35-11-9-18/h1-14H,15-16H2,(H,38,39). The van der Waals surface area contributed by atoms with Gasteiger partial charge in [-0.3, -0.25) is 15.0 Å². The van der Waals surface area contributed by atoms with Crippen LogP contribution in [-0.2, 0) is 19.3 Å². The second-order valence-corrected chi connectivity index (χ2v) is 9.16. The molecule has 1 aliphatic heterocycles. The van der Waals surface area contributed by atoms with E-state index >= 15 is 0 Å². The largest absolute Gasteiger partial charge is 0.417 e. The highest BCUT2D eigenvalue weighted by Gasteiger charge is 2.34. The Morgan fingerprint density at radius 1 is 0.900 bits per heavy atom. The van der Waals surface area contributed by atoms with E-state index in [-0.39, 0.29) is 29.2 Å². The lowest BCUT2D eigenvalue weighted by atomic mass is 9.97. The fraction of sp³-hybridized carbons (Fsp3) is 0.103. The Labute approximate surface area is 224 Å². The second-order valence-electron chi connectivity index (χ2n) is 9.16. The normalized spacial score (nSPS) is 13.0.